The van der Waals surface area contributed by atoms with E-state index in [0.29, 0.717) is 12.3 Å². The fraction of sp³-hybridized carbons (Fsp3) is 0.0435. The standard InChI is InChI=1S/C23H16FN3O/c24-18-12-10-17(11-13-18)22-23-20(19-8-4-5-9-21(19)26-22)14-25-27(23)28-15-16-6-2-1-3-7-16/h1-14H,15H2. The zero-order valence-corrected chi connectivity index (χ0v) is 14.9. The summed E-state index contributed by atoms with van der Waals surface area (Å²) in [5.41, 5.74) is 4.18. The molecule has 0 amide bonds. The summed E-state index contributed by atoms with van der Waals surface area (Å²) in [4.78, 5) is 12.3. The van der Waals surface area contributed by atoms with E-state index in [9.17, 15) is 4.39 Å². The first-order chi connectivity index (χ1) is 13.8. The number of fused-ring (bicyclic) bond motifs is 3. The highest BCUT2D eigenvalue weighted by Gasteiger charge is 2.16. The first kappa shape index (κ1) is 16.4. The quantitative estimate of drug-likeness (QED) is 0.447. The lowest BCUT2D eigenvalue weighted by Gasteiger charge is -2.11. The minimum absolute atomic E-state index is 0.283. The number of aromatic nitrogens is 3. The predicted octanol–water partition coefficient (Wildman–Crippen LogP) is 5.02. The zero-order valence-electron chi connectivity index (χ0n) is 14.9. The molecule has 5 heteroatoms. The van der Waals surface area contributed by atoms with Crippen molar-refractivity contribution in [2.75, 3.05) is 0 Å². The molecule has 0 saturated heterocycles. The number of halogens is 1. The third-order valence-corrected chi connectivity index (χ3v) is 4.70. The van der Waals surface area contributed by atoms with E-state index in [2.05, 4.69) is 5.10 Å². The maximum atomic E-state index is 13.4. The highest BCUT2D eigenvalue weighted by molar-refractivity contribution is 6.09. The van der Waals surface area contributed by atoms with E-state index in [1.807, 2.05) is 54.6 Å². The number of hydrogen-bond donors (Lipinski definition) is 0. The second kappa shape index (κ2) is 6.78. The van der Waals surface area contributed by atoms with Crippen LogP contribution in [0.2, 0.25) is 0 Å². The van der Waals surface area contributed by atoms with Gasteiger partial charge in [0.25, 0.3) is 0 Å². The molecule has 0 aliphatic carbocycles. The van der Waals surface area contributed by atoms with Crippen molar-refractivity contribution in [2.24, 2.45) is 0 Å². The third kappa shape index (κ3) is 2.87. The molecule has 5 rings (SSSR count). The van der Waals surface area contributed by atoms with E-state index < -0.39 is 0 Å². The Morgan fingerprint density at radius 1 is 0.821 bits per heavy atom. The van der Waals surface area contributed by atoms with Crippen LogP contribution in [0.1, 0.15) is 5.56 Å². The fourth-order valence-electron chi connectivity index (χ4n) is 3.34. The molecule has 2 aromatic heterocycles. The number of hydrogen-bond acceptors (Lipinski definition) is 3. The molecule has 4 nitrogen and oxygen atoms in total. The molecule has 0 saturated carbocycles. The Hall–Kier alpha value is -3.73. The molecular weight excluding hydrogens is 353 g/mol. The Balaban J connectivity index is 1.69. The van der Waals surface area contributed by atoms with E-state index in [-0.39, 0.29) is 5.82 Å². The summed E-state index contributed by atoms with van der Waals surface area (Å²) >= 11 is 0. The average Bonchev–Trinajstić information content (AvgIpc) is 3.17. The normalized spacial score (nSPS) is 11.2. The largest absolute Gasteiger partial charge is 0.391 e. The van der Waals surface area contributed by atoms with Gasteiger partial charge in [-0.1, -0.05) is 53.4 Å². The maximum absolute atomic E-state index is 13.4. The molecule has 2 heterocycles. The Morgan fingerprint density at radius 3 is 2.39 bits per heavy atom. The summed E-state index contributed by atoms with van der Waals surface area (Å²) < 4.78 is 13.4. The van der Waals surface area contributed by atoms with Gasteiger partial charge in [0.15, 0.2) is 0 Å². The molecule has 0 N–H and O–H groups in total. The van der Waals surface area contributed by atoms with E-state index in [1.165, 1.54) is 17.0 Å². The summed E-state index contributed by atoms with van der Waals surface area (Å²) in [6.45, 7) is 0.382. The number of rotatable bonds is 4. The van der Waals surface area contributed by atoms with Crippen LogP contribution in [0.15, 0.2) is 85.1 Å². The summed E-state index contributed by atoms with van der Waals surface area (Å²) in [7, 11) is 0. The monoisotopic (exact) mass is 369 g/mol. The van der Waals surface area contributed by atoms with Gasteiger partial charge < -0.3 is 4.84 Å². The smallest absolute Gasteiger partial charge is 0.142 e. The van der Waals surface area contributed by atoms with Crippen molar-refractivity contribution in [3.63, 3.8) is 0 Å². The van der Waals surface area contributed by atoms with Gasteiger partial charge in [-0.25, -0.2) is 9.37 Å². The minimum Gasteiger partial charge on any atom is -0.391 e. The van der Waals surface area contributed by atoms with Gasteiger partial charge in [-0.3, -0.25) is 0 Å². The average molecular weight is 369 g/mol. The van der Waals surface area contributed by atoms with Crippen LogP contribution in [0.3, 0.4) is 0 Å². The Morgan fingerprint density at radius 2 is 1.57 bits per heavy atom. The van der Waals surface area contributed by atoms with Gasteiger partial charge in [-0.05, 0) is 35.9 Å². The van der Waals surface area contributed by atoms with Crippen molar-refractivity contribution < 1.29 is 9.23 Å². The minimum atomic E-state index is -0.283. The molecule has 0 radical (unpaired) electrons. The third-order valence-electron chi connectivity index (χ3n) is 4.70. The van der Waals surface area contributed by atoms with Crippen LogP contribution in [0.5, 0.6) is 0 Å². The number of para-hydroxylation sites is 1. The molecule has 0 atom stereocenters. The van der Waals surface area contributed by atoms with Crippen LogP contribution in [0.4, 0.5) is 4.39 Å². The van der Waals surface area contributed by atoms with Crippen molar-refractivity contribution >= 4 is 21.8 Å². The van der Waals surface area contributed by atoms with Crippen molar-refractivity contribution in [3.05, 3.63) is 96.4 Å². The molecule has 3 aromatic carbocycles. The summed E-state index contributed by atoms with van der Waals surface area (Å²) in [6.07, 6.45) is 1.79. The molecule has 136 valence electrons. The first-order valence-corrected chi connectivity index (χ1v) is 8.99. The lowest BCUT2D eigenvalue weighted by Crippen LogP contribution is -2.13. The van der Waals surface area contributed by atoms with Crippen LogP contribution >= 0.6 is 0 Å². The van der Waals surface area contributed by atoms with Crippen molar-refractivity contribution in [3.8, 4) is 11.3 Å². The topological polar surface area (TPSA) is 39.9 Å². The number of benzene rings is 3. The molecule has 28 heavy (non-hydrogen) atoms. The highest BCUT2D eigenvalue weighted by Crippen LogP contribution is 2.32. The van der Waals surface area contributed by atoms with Crippen molar-refractivity contribution in [2.45, 2.75) is 6.61 Å². The van der Waals surface area contributed by atoms with Crippen LogP contribution < -0.4 is 4.84 Å². The van der Waals surface area contributed by atoms with E-state index >= 15 is 0 Å². The second-order valence-electron chi connectivity index (χ2n) is 6.52. The van der Waals surface area contributed by atoms with E-state index in [1.54, 1.807) is 18.3 Å². The molecule has 0 spiro atoms. The van der Waals surface area contributed by atoms with Gasteiger partial charge in [-0.15, -0.1) is 5.10 Å². The maximum Gasteiger partial charge on any atom is 0.142 e. The molecule has 0 fully saturated rings. The SMILES string of the molecule is Fc1ccc(-c2nc3ccccc3c3cnn(OCc4ccccc4)c23)cc1. The van der Waals surface area contributed by atoms with Gasteiger partial charge >= 0.3 is 0 Å². The number of pyridine rings is 1. The molecule has 0 unspecified atom stereocenters. The molecule has 0 bridgehead atoms. The fourth-order valence-corrected chi connectivity index (χ4v) is 3.34. The Kier molecular flexibility index (Phi) is 3.98. The van der Waals surface area contributed by atoms with Gasteiger partial charge in [0.1, 0.15) is 23.6 Å². The highest BCUT2D eigenvalue weighted by atomic mass is 19.1. The van der Waals surface area contributed by atoms with Crippen LogP contribution in [0.25, 0.3) is 33.1 Å². The second-order valence-corrected chi connectivity index (χ2v) is 6.52. The van der Waals surface area contributed by atoms with Crippen molar-refractivity contribution in [1.29, 1.82) is 0 Å². The van der Waals surface area contributed by atoms with Gasteiger partial charge in [0, 0.05) is 16.3 Å². The van der Waals surface area contributed by atoms with Gasteiger partial charge in [0.05, 0.1) is 11.7 Å². The predicted molar refractivity (Wildman–Crippen MR) is 107 cm³/mol. The van der Waals surface area contributed by atoms with Crippen LogP contribution in [-0.2, 0) is 6.61 Å². The zero-order chi connectivity index (χ0) is 18.9. The summed E-state index contributed by atoms with van der Waals surface area (Å²) in [5.74, 6) is -0.283. The van der Waals surface area contributed by atoms with Crippen LogP contribution in [-0.4, -0.2) is 14.9 Å². The lowest BCUT2D eigenvalue weighted by atomic mass is 10.1. The van der Waals surface area contributed by atoms with Gasteiger partial charge in [-0.2, -0.15) is 0 Å². The molecule has 5 aromatic rings. The van der Waals surface area contributed by atoms with Gasteiger partial charge in [0.2, 0.25) is 0 Å². The molecule has 0 aliphatic heterocycles. The molecule has 0 aliphatic rings. The molecular formula is C23H16FN3O. The van der Waals surface area contributed by atoms with Crippen LogP contribution in [0, 0.1) is 5.82 Å². The Labute approximate surface area is 160 Å². The summed E-state index contributed by atoms with van der Waals surface area (Å²) in [6, 6.07) is 24.1. The first-order valence-electron chi connectivity index (χ1n) is 8.99. The van der Waals surface area contributed by atoms with E-state index in [4.69, 9.17) is 9.82 Å². The Bertz CT molecular complexity index is 1260. The lowest BCUT2D eigenvalue weighted by molar-refractivity contribution is 0.0796. The summed E-state index contributed by atoms with van der Waals surface area (Å²) in [5, 5.41) is 6.39. The number of nitrogens with zero attached hydrogens (tertiary/aromatic N) is 3. The van der Waals surface area contributed by atoms with E-state index in [0.717, 1.165) is 32.9 Å². The van der Waals surface area contributed by atoms with Crippen molar-refractivity contribution in [1.82, 2.24) is 14.9 Å².